The van der Waals surface area contributed by atoms with Crippen LogP contribution in [0, 0.1) is 39.9 Å². The number of fused-ring (bicyclic) bond motifs is 5. The molecule has 0 spiro atoms. The zero-order chi connectivity index (χ0) is 17.1. The van der Waals surface area contributed by atoms with Gasteiger partial charge in [0.1, 0.15) is 0 Å². The number of hydrogen-bond donors (Lipinski definition) is 1. The van der Waals surface area contributed by atoms with Crippen molar-refractivity contribution in [1.82, 2.24) is 0 Å². The molecule has 0 bridgehead atoms. The quantitative estimate of drug-likeness (QED) is 0.748. The lowest BCUT2D eigenvalue weighted by atomic mass is 9.52. The van der Waals surface area contributed by atoms with E-state index in [-0.39, 0.29) is 29.1 Å². The second-order valence-corrected chi connectivity index (χ2v) is 8.47. The number of aliphatic hydroxyl groups excluding tert-OH is 1. The van der Waals surface area contributed by atoms with Gasteiger partial charge in [0, 0.05) is 17.8 Å². The van der Waals surface area contributed by atoms with E-state index in [1.54, 1.807) is 6.08 Å². The van der Waals surface area contributed by atoms with Crippen LogP contribution < -0.4 is 0 Å². The number of ketones is 1. The molecule has 1 saturated carbocycles. The highest BCUT2D eigenvalue weighted by atomic mass is 16.3. The van der Waals surface area contributed by atoms with Crippen LogP contribution >= 0.6 is 0 Å². The highest BCUT2D eigenvalue weighted by Crippen LogP contribution is 2.63. The molecule has 0 aromatic heterocycles. The van der Waals surface area contributed by atoms with Gasteiger partial charge in [0.25, 0.3) is 0 Å². The molecule has 0 saturated heterocycles. The molecule has 0 aromatic rings. The number of allylic oxidation sites excluding steroid dienone is 4. The summed E-state index contributed by atoms with van der Waals surface area (Å²) in [6.07, 6.45) is 10.8. The monoisotopic (exact) mass is 323 g/mol. The number of carbonyl (C=O) groups excluding carboxylic acids is 1. The molecule has 4 aliphatic rings. The third-order valence-electron chi connectivity index (χ3n) is 7.43. The molecule has 5 atom stereocenters. The van der Waals surface area contributed by atoms with Crippen molar-refractivity contribution in [2.24, 2.45) is 28.6 Å². The zero-order valence-electron chi connectivity index (χ0n) is 14.5. The lowest BCUT2D eigenvalue weighted by molar-refractivity contribution is -0.115. The number of nitrogens with zero attached hydrogens (tertiary/aromatic N) is 1. The van der Waals surface area contributed by atoms with E-state index in [2.05, 4.69) is 32.1 Å². The van der Waals surface area contributed by atoms with Gasteiger partial charge in [0.15, 0.2) is 5.78 Å². The molecule has 126 valence electrons. The van der Waals surface area contributed by atoms with Crippen LogP contribution in [0.25, 0.3) is 0 Å². The molecule has 0 aromatic carbocycles. The summed E-state index contributed by atoms with van der Waals surface area (Å²) < 4.78 is 0. The van der Waals surface area contributed by atoms with Crippen molar-refractivity contribution in [3.05, 3.63) is 34.9 Å². The van der Waals surface area contributed by atoms with E-state index >= 15 is 0 Å². The van der Waals surface area contributed by atoms with Gasteiger partial charge in [0.05, 0.1) is 18.6 Å². The molecule has 0 aliphatic heterocycles. The van der Waals surface area contributed by atoms with Crippen LogP contribution in [0.3, 0.4) is 0 Å². The Morgan fingerprint density at radius 3 is 2.88 bits per heavy atom. The first-order valence-corrected chi connectivity index (χ1v) is 9.11. The second kappa shape index (κ2) is 5.17. The van der Waals surface area contributed by atoms with Crippen LogP contribution in [0.2, 0.25) is 0 Å². The summed E-state index contributed by atoms with van der Waals surface area (Å²) in [7, 11) is 0. The molecule has 24 heavy (non-hydrogen) atoms. The van der Waals surface area contributed by atoms with E-state index in [0.717, 1.165) is 36.8 Å². The van der Waals surface area contributed by atoms with Gasteiger partial charge in [-0.1, -0.05) is 31.6 Å². The summed E-state index contributed by atoms with van der Waals surface area (Å²) in [4.78, 5) is 12.0. The van der Waals surface area contributed by atoms with Gasteiger partial charge in [0.2, 0.25) is 0 Å². The average molecular weight is 323 g/mol. The summed E-state index contributed by atoms with van der Waals surface area (Å²) in [5.41, 5.74) is 3.30. The van der Waals surface area contributed by atoms with Gasteiger partial charge in [-0.3, -0.25) is 4.79 Å². The standard InChI is InChI=1S/C21H25NO2/c1-20-8-6-18-16(17(20)4-3-14(20)11-22)9-13(12-23)19-10-15(24)5-7-21(18,19)2/h6,9-10,14,16-17,23H,3-5,7-8,12H2,1-2H3/t14-,16+,17+,20-,21-/m1/s1. The molecule has 0 radical (unpaired) electrons. The zero-order valence-corrected chi connectivity index (χ0v) is 14.5. The Balaban J connectivity index is 1.86. The maximum atomic E-state index is 12.0. The van der Waals surface area contributed by atoms with Crippen molar-refractivity contribution < 1.29 is 9.90 Å². The first-order valence-electron chi connectivity index (χ1n) is 9.11. The Bertz CT molecular complexity index is 737. The number of nitriles is 1. The number of aliphatic hydroxyl groups is 1. The molecule has 1 N–H and O–H groups in total. The van der Waals surface area contributed by atoms with E-state index < -0.39 is 0 Å². The lowest BCUT2D eigenvalue weighted by Gasteiger charge is -2.52. The molecule has 4 aliphatic carbocycles. The van der Waals surface area contributed by atoms with Crippen molar-refractivity contribution in [2.45, 2.75) is 46.0 Å². The first kappa shape index (κ1) is 15.8. The maximum Gasteiger partial charge on any atom is 0.156 e. The van der Waals surface area contributed by atoms with Crippen molar-refractivity contribution >= 4 is 5.78 Å². The Labute approximate surface area is 143 Å². The topological polar surface area (TPSA) is 61.1 Å². The van der Waals surface area contributed by atoms with E-state index in [4.69, 9.17) is 0 Å². The fraction of sp³-hybridized carbons (Fsp3) is 0.619. The minimum Gasteiger partial charge on any atom is -0.392 e. The predicted octanol–water partition coefficient (Wildman–Crippen LogP) is 3.72. The van der Waals surface area contributed by atoms with E-state index in [9.17, 15) is 15.2 Å². The van der Waals surface area contributed by atoms with Crippen LogP contribution in [-0.4, -0.2) is 17.5 Å². The third kappa shape index (κ3) is 1.90. The first-order chi connectivity index (χ1) is 11.4. The fourth-order valence-electron chi connectivity index (χ4n) is 5.93. The Morgan fingerprint density at radius 2 is 2.17 bits per heavy atom. The average Bonchev–Trinajstić information content (AvgIpc) is 2.91. The molecule has 3 nitrogen and oxygen atoms in total. The van der Waals surface area contributed by atoms with Crippen LogP contribution in [-0.2, 0) is 4.79 Å². The molecule has 0 unspecified atom stereocenters. The van der Waals surface area contributed by atoms with Gasteiger partial charge in [-0.2, -0.15) is 5.26 Å². The van der Waals surface area contributed by atoms with Gasteiger partial charge >= 0.3 is 0 Å². The molecule has 3 heteroatoms. The third-order valence-corrected chi connectivity index (χ3v) is 7.43. The number of carbonyl (C=O) groups is 1. The second-order valence-electron chi connectivity index (χ2n) is 8.47. The smallest absolute Gasteiger partial charge is 0.156 e. The van der Waals surface area contributed by atoms with Crippen molar-refractivity contribution in [3.63, 3.8) is 0 Å². The Kier molecular flexibility index (Phi) is 3.41. The highest BCUT2D eigenvalue weighted by Gasteiger charge is 2.55. The van der Waals surface area contributed by atoms with Crippen molar-refractivity contribution in [2.75, 3.05) is 6.61 Å². The molecule has 0 amide bonds. The van der Waals surface area contributed by atoms with E-state index in [1.807, 2.05) is 0 Å². The van der Waals surface area contributed by atoms with Crippen molar-refractivity contribution in [3.8, 4) is 6.07 Å². The lowest BCUT2D eigenvalue weighted by Crippen LogP contribution is -2.43. The van der Waals surface area contributed by atoms with Crippen molar-refractivity contribution in [1.29, 1.82) is 5.26 Å². The fourth-order valence-corrected chi connectivity index (χ4v) is 5.93. The van der Waals surface area contributed by atoms with Gasteiger partial charge in [-0.05, 0) is 54.2 Å². The molecular formula is C21H25NO2. The number of hydrogen-bond acceptors (Lipinski definition) is 3. The van der Waals surface area contributed by atoms with Gasteiger partial charge < -0.3 is 5.11 Å². The summed E-state index contributed by atoms with van der Waals surface area (Å²) in [5.74, 6) is 1.08. The van der Waals surface area contributed by atoms with Crippen LogP contribution in [0.4, 0.5) is 0 Å². The van der Waals surface area contributed by atoms with Gasteiger partial charge in [-0.15, -0.1) is 0 Å². The molecular weight excluding hydrogens is 298 g/mol. The Morgan fingerprint density at radius 1 is 1.38 bits per heavy atom. The number of rotatable bonds is 1. The predicted molar refractivity (Wildman–Crippen MR) is 91.7 cm³/mol. The normalized spacial score (nSPS) is 43.7. The van der Waals surface area contributed by atoms with Gasteiger partial charge in [-0.25, -0.2) is 0 Å². The molecule has 1 fully saturated rings. The summed E-state index contributed by atoms with van der Waals surface area (Å²) in [6.45, 7) is 4.51. The maximum absolute atomic E-state index is 12.0. The van der Waals surface area contributed by atoms with E-state index in [0.29, 0.717) is 18.3 Å². The summed E-state index contributed by atoms with van der Waals surface area (Å²) in [6, 6.07) is 2.54. The minimum atomic E-state index is -0.128. The summed E-state index contributed by atoms with van der Waals surface area (Å²) >= 11 is 0. The highest BCUT2D eigenvalue weighted by molar-refractivity contribution is 5.93. The van der Waals surface area contributed by atoms with Crippen LogP contribution in [0.15, 0.2) is 34.9 Å². The molecule has 0 heterocycles. The molecule has 4 rings (SSSR count). The van der Waals surface area contributed by atoms with E-state index in [1.165, 1.54) is 5.57 Å². The van der Waals surface area contributed by atoms with Crippen LogP contribution in [0.1, 0.15) is 46.0 Å². The largest absolute Gasteiger partial charge is 0.392 e. The minimum absolute atomic E-state index is 0.0103. The summed E-state index contributed by atoms with van der Waals surface area (Å²) in [5, 5.41) is 19.5. The SMILES string of the molecule is C[C@]12CCC(=O)C=C1C(CO)=C[C@@H]1C2=CC[C@]2(C)[C@@H](C#N)CC[C@@H]12. The van der Waals surface area contributed by atoms with Crippen LogP contribution in [0.5, 0.6) is 0 Å². The Hall–Kier alpha value is -1.66.